The fraction of sp³-hybridized carbons (Fsp3) is 0.143. The van der Waals surface area contributed by atoms with E-state index in [1.807, 2.05) is 0 Å². The second-order valence-electron chi connectivity index (χ2n) is 2.46. The highest BCUT2D eigenvalue weighted by Gasteiger charge is 2.20. The Bertz CT molecular complexity index is 458. The van der Waals surface area contributed by atoms with E-state index in [0.717, 1.165) is 0 Å². The van der Waals surface area contributed by atoms with Gasteiger partial charge in [0.25, 0.3) is 0 Å². The lowest BCUT2D eigenvalue weighted by atomic mass is 10.3. The number of benzene rings is 1. The third-order valence-corrected chi connectivity index (χ3v) is 2.39. The molecule has 0 radical (unpaired) electrons. The molecule has 0 atom stereocenters. The monoisotopic (exact) mass is 223 g/mol. The van der Waals surface area contributed by atoms with Gasteiger partial charge >= 0.3 is 10.2 Å². The minimum atomic E-state index is -5.09. The molecule has 0 aliphatic rings. The minimum Gasteiger partial charge on any atom is -0.494 e. The van der Waals surface area contributed by atoms with Crippen molar-refractivity contribution >= 4 is 15.9 Å². The summed E-state index contributed by atoms with van der Waals surface area (Å²) in [6, 6.07) is 1.38. The molecule has 1 rings (SSSR count). The Hall–Kier alpha value is -1.37. The van der Waals surface area contributed by atoms with Crippen molar-refractivity contribution in [2.24, 2.45) is 0 Å². The summed E-state index contributed by atoms with van der Waals surface area (Å²) >= 11 is 0. The molecule has 14 heavy (non-hydrogen) atoms. The summed E-state index contributed by atoms with van der Waals surface area (Å²) in [6.07, 6.45) is 0. The Balaban J connectivity index is 3.44. The van der Waals surface area contributed by atoms with Gasteiger partial charge in [-0.1, -0.05) is 0 Å². The maximum absolute atomic E-state index is 13.0. The molecule has 0 aromatic heterocycles. The topological polar surface area (TPSA) is 69.4 Å². The van der Waals surface area contributed by atoms with Crippen LogP contribution in [0.15, 0.2) is 17.0 Å². The quantitative estimate of drug-likeness (QED) is 0.601. The number of hydrogen-bond donors (Lipinski definition) is 1. The average Bonchev–Trinajstić information content (AvgIpc) is 2.06. The van der Waals surface area contributed by atoms with E-state index in [2.05, 4.69) is 4.74 Å². The van der Waals surface area contributed by atoms with Crippen LogP contribution in [0.3, 0.4) is 0 Å². The van der Waals surface area contributed by atoms with Crippen LogP contribution in [-0.4, -0.2) is 15.5 Å². The second-order valence-corrected chi connectivity index (χ2v) is 3.78. The third kappa shape index (κ3) is 1.92. The van der Waals surface area contributed by atoms with Gasteiger partial charge in [0.1, 0.15) is 16.5 Å². The normalized spacial score (nSPS) is 11.4. The Morgan fingerprint density at radius 1 is 1.43 bits per heavy atom. The minimum absolute atomic E-state index is 0.0464. The Kier molecular flexibility index (Phi) is 2.61. The highest BCUT2D eigenvalue weighted by atomic mass is 32.3. The van der Waals surface area contributed by atoms with Gasteiger partial charge in [0.15, 0.2) is 0 Å². The van der Waals surface area contributed by atoms with Crippen LogP contribution in [0.25, 0.3) is 0 Å². The van der Waals surface area contributed by atoms with E-state index in [-0.39, 0.29) is 11.4 Å². The smallest absolute Gasteiger partial charge is 0.335 e. The van der Waals surface area contributed by atoms with Gasteiger partial charge in [-0.25, -0.2) is 4.39 Å². The van der Waals surface area contributed by atoms with Crippen LogP contribution in [0.4, 0.5) is 14.0 Å². The number of anilines is 1. The molecule has 2 N–H and O–H groups in total. The summed E-state index contributed by atoms with van der Waals surface area (Å²) in [7, 11) is -3.86. The Morgan fingerprint density at radius 3 is 2.43 bits per heavy atom. The molecule has 0 saturated heterocycles. The van der Waals surface area contributed by atoms with Gasteiger partial charge in [0, 0.05) is 6.07 Å². The molecular weight excluding hydrogens is 216 g/mol. The van der Waals surface area contributed by atoms with Crippen LogP contribution < -0.4 is 10.5 Å². The van der Waals surface area contributed by atoms with Crippen molar-refractivity contribution in [1.82, 2.24) is 0 Å². The van der Waals surface area contributed by atoms with Crippen LogP contribution in [0.5, 0.6) is 5.75 Å². The van der Waals surface area contributed by atoms with Crippen molar-refractivity contribution < 1.29 is 21.4 Å². The van der Waals surface area contributed by atoms with Crippen molar-refractivity contribution in [3.05, 3.63) is 17.9 Å². The summed E-state index contributed by atoms with van der Waals surface area (Å²) in [6.45, 7) is 0. The van der Waals surface area contributed by atoms with E-state index in [1.165, 1.54) is 7.11 Å². The largest absolute Gasteiger partial charge is 0.494 e. The maximum atomic E-state index is 13.0. The van der Waals surface area contributed by atoms with Crippen LogP contribution >= 0.6 is 0 Å². The highest BCUT2D eigenvalue weighted by Crippen LogP contribution is 2.28. The van der Waals surface area contributed by atoms with E-state index < -0.39 is 20.9 Å². The first-order chi connectivity index (χ1) is 6.36. The molecule has 0 aliphatic carbocycles. The van der Waals surface area contributed by atoms with Crippen molar-refractivity contribution in [1.29, 1.82) is 0 Å². The van der Waals surface area contributed by atoms with Crippen molar-refractivity contribution in [2.75, 3.05) is 12.8 Å². The van der Waals surface area contributed by atoms with E-state index in [1.54, 1.807) is 0 Å². The van der Waals surface area contributed by atoms with Crippen LogP contribution in [0, 0.1) is 5.82 Å². The van der Waals surface area contributed by atoms with Gasteiger partial charge in [-0.2, -0.15) is 8.42 Å². The summed E-state index contributed by atoms with van der Waals surface area (Å²) in [5, 5.41) is 0. The molecule has 1 aromatic rings. The lowest BCUT2D eigenvalue weighted by molar-refractivity contribution is 0.412. The van der Waals surface area contributed by atoms with E-state index in [4.69, 9.17) is 5.73 Å². The van der Waals surface area contributed by atoms with Crippen LogP contribution in [-0.2, 0) is 10.2 Å². The highest BCUT2D eigenvalue weighted by molar-refractivity contribution is 7.86. The number of nitrogen functional groups attached to an aromatic ring is 1. The van der Waals surface area contributed by atoms with Crippen molar-refractivity contribution in [3.8, 4) is 5.75 Å². The van der Waals surface area contributed by atoms with Crippen LogP contribution in [0.1, 0.15) is 0 Å². The zero-order valence-electron chi connectivity index (χ0n) is 7.12. The van der Waals surface area contributed by atoms with Gasteiger partial charge in [-0.05, 0) is 6.07 Å². The van der Waals surface area contributed by atoms with E-state index in [9.17, 15) is 16.7 Å². The molecule has 0 fully saturated rings. The first-order valence-corrected chi connectivity index (χ1v) is 4.82. The Labute approximate surface area is 79.5 Å². The molecule has 0 heterocycles. The number of halogens is 2. The first kappa shape index (κ1) is 10.7. The van der Waals surface area contributed by atoms with Gasteiger partial charge in [0.2, 0.25) is 0 Å². The molecule has 78 valence electrons. The number of hydrogen-bond acceptors (Lipinski definition) is 4. The van der Waals surface area contributed by atoms with Gasteiger partial charge in [-0.3, -0.25) is 0 Å². The zero-order valence-corrected chi connectivity index (χ0v) is 7.94. The van der Waals surface area contributed by atoms with Gasteiger partial charge in [-0.15, -0.1) is 3.89 Å². The van der Waals surface area contributed by atoms with Crippen molar-refractivity contribution in [3.63, 3.8) is 0 Å². The summed E-state index contributed by atoms with van der Waals surface area (Å²) < 4.78 is 50.8. The summed E-state index contributed by atoms with van der Waals surface area (Å²) in [5.74, 6) is -1.28. The number of ether oxygens (including phenoxy) is 1. The number of nitrogens with two attached hydrogens (primary N) is 1. The SMILES string of the molecule is COc1cc(F)c(S(=O)(=O)F)cc1N. The van der Waals surface area contributed by atoms with Crippen LogP contribution in [0.2, 0.25) is 0 Å². The zero-order chi connectivity index (χ0) is 10.9. The lowest BCUT2D eigenvalue weighted by Gasteiger charge is -2.05. The molecular formula is C7H7F2NO3S. The van der Waals surface area contributed by atoms with Gasteiger partial charge < -0.3 is 10.5 Å². The molecule has 1 aromatic carbocycles. The van der Waals surface area contributed by atoms with Crippen molar-refractivity contribution in [2.45, 2.75) is 4.90 Å². The molecule has 0 bridgehead atoms. The fourth-order valence-electron chi connectivity index (χ4n) is 0.914. The molecule has 0 unspecified atom stereocenters. The lowest BCUT2D eigenvalue weighted by Crippen LogP contribution is -2.01. The number of methoxy groups -OCH3 is 1. The summed E-state index contributed by atoms with van der Waals surface area (Å²) in [4.78, 5) is -1.09. The predicted molar refractivity (Wildman–Crippen MR) is 45.7 cm³/mol. The molecule has 0 aliphatic heterocycles. The molecule has 7 heteroatoms. The first-order valence-electron chi connectivity index (χ1n) is 3.44. The molecule has 0 amide bonds. The molecule has 0 spiro atoms. The van der Waals surface area contributed by atoms with E-state index in [0.29, 0.717) is 12.1 Å². The maximum Gasteiger partial charge on any atom is 0.335 e. The molecule has 0 saturated carbocycles. The second kappa shape index (κ2) is 3.41. The Morgan fingerprint density at radius 2 is 2.00 bits per heavy atom. The third-order valence-electron chi connectivity index (χ3n) is 1.55. The fourth-order valence-corrected chi connectivity index (χ4v) is 1.47. The predicted octanol–water partition coefficient (Wildman–Crippen LogP) is 1.07. The van der Waals surface area contributed by atoms with E-state index >= 15 is 0 Å². The molecule has 4 nitrogen and oxygen atoms in total. The van der Waals surface area contributed by atoms with Gasteiger partial charge in [0.05, 0.1) is 12.8 Å². The summed E-state index contributed by atoms with van der Waals surface area (Å²) in [5.41, 5.74) is 5.13. The average molecular weight is 223 g/mol. The standard InChI is InChI=1S/C7H7F2NO3S/c1-13-6-2-4(8)7(3-5(6)10)14(9,11)12/h2-3H,10H2,1H3. The number of rotatable bonds is 2.